The van der Waals surface area contributed by atoms with Crippen molar-refractivity contribution < 1.29 is 0 Å². The minimum absolute atomic E-state index is 1.20. The highest BCUT2D eigenvalue weighted by molar-refractivity contribution is 6.39. The maximum Gasteiger partial charge on any atom is -0.000137 e. The lowest BCUT2D eigenvalue weighted by molar-refractivity contribution is 1.51. The Morgan fingerprint density at radius 1 is 0.133 bits per heavy atom. The van der Waals surface area contributed by atoms with Gasteiger partial charge in [-0.15, -0.1) is 0 Å². The van der Waals surface area contributed by atoms with Crippen molar-refractivity contribution in [2.45, 2.75) is 0 Å². The van der Waals surface area contributed by atoms with Gasteiger partial charge in [0.25, 0.3) is 0 Å². The summed E-state index contributed by atoms with van der Waals surface area (Å²) in [5.41, 5.74) is 24.6. The summed E-state index contributed by atoms with van der Waals surface area (Å²) < 4.78 is 0. The van der Waals surface area contributed by atoms with Gasteiger partial charge < -0.3 is 0 Å². The number of benzene rings is 9. The second-order valence-corrected chi connectivity index (χ2v) is 15.5. The van der Waals surface area contributed by atoms with E-state index in [1.54, 1.807) is 0 Å². The Balaban J connectivity index is 1.27. The molecule has 0 heterocycles. The van der Waals surface area contributed by atoms with Crippen LogP contribution in [0, 0.1) is 0 Å². The lowest BCUT2D eigenvalue weighted by atomic mass is 9.84. The highest BCUT2D eigenvalue weighted by Crippen LogP contribution is 2.62. The van der Waals surface area contributed by atoms with Crippen molar-refractivity contribution in [3.63, 3.8) is 0 Å². The minimum atomic E-state index is 1.20. The number of hydrogen-bond donors (Lipinski definition) is 0. The fraction of sp³-hybridized carbons (Fsp3) is 0. The zero-order valence-electron chi connectivity index (χ0n) is 33.1. The van der Waals surface area contributed by atoms with Gasteiger partial charge in [-0.05, 0) is 123 Å². The number of fused-ring (bicyclic) bond motifs is 3. The van der Waals surface area contributed by atoms with Crippen molar-refractivity contribution in [2.75, 3.05) is 0 Å². The minimum Gasteiger partial charge on any atom is -0.0622 e. The SMILES string of the molecule is c1ccc(C2=C(c3ccccc3)C(c3ccc(-c4ccccc4)cc3)=C3C2=C(c2ccc(-c4ccccc4)cc2)c2cc(-c4ccccc4)c(-c4ccccc4)cc23)cc1. The van der Waals surface area contributed by atoms with Gasteiger partial charge in [0, 0.05) is 0 Å². The van der Waals surface area contributed by atoms with E-state index in [-0.39, 0.29) is 0 Å². The van der Waals surface area contributed by atoms with Gasteiger partial charge >= 0.3 is 0 Å². The molecule has 11 rings (SSSR count). The van der Waals surface area contributed by atoms with Crippen LogP contribution in [0.4, 0.5) is 0 Å². The molecule has 0 amide bonds. The van der Waals surface area contributed by atoms with Crippen LogP contribution in [-0.2, 0) is 0 Å². The second-order valence-electron chi connectivity index (χ2n) is 15.5. The summed E-state index contributed by atoms with van der Waals surface area (Å²) in [4.78, 5) is 0. The summed E-state index contributed by atoms with van der Waals surface area (Å²) in [5.74, 6) is 0. The third kappa shape index (κ3) is 6.18. The van der Waals surface area contributed by atoms with E-state index in [1.165, 1.54) is 111 Å². The molecular weight excluding hydrogens is 721 g/mol. The molecule has 2 aliphatic carbocycles. The van der Waals surface area contributed by atoms with Crippen molar-refractivity contribution in [1.29, 1.82) is 0 Å². The average molecular weight is 761 g/mol. The van der Waals surface area contributed by atoms with Gasteiger partial charge in [0.15, 0.2) is 0 Å². The summed E-state index contributed by atoms with van der Waals surface area (Å²) >= 11 is 0. The summed E-state index contributed by atoms with van der Waals surface area (Å²) in [6, 6.07) is 88.7. The Kier molecular flexibility index (Phi) is 8.95. The predicted molar refractivity (Wildman–Crippen MR) is 254 cm³/mol. The Bertz CT molecular complexity index is 3080. The van der Waals surface area contributed by atoms with E-state index >= 15 is 0 Å². The highest BCUT2D eigenvalue weighted by Gasteiger charge is 2.40. The number of allylic oxidation sites excluding steroid dienone is 5. The van der Waals surface area contributed by atoms with E-state index in [4.69, 9.17) is 0 Å². The Morgan fingerprint density at radius 2 is 0.367 bits per heavy atom. The number of hydrogen-bond acceptors (Lipinski definition) is 0. The Labute approximate surface area is 352 Å². The average Bonchev–Trinajstić information content (AvgIpc) is 3.85. The Morgan fingerprint density at radius 3 is 0.750 bits per heavy atom. The first-order valence-corrected chi connectivity index (χ1v) is 20.8. The lowest BCUT2D eigenvalue weighted by Crippen LogP contribution is -1.97. The molecule has 0 heteroatoms. The molecule has 0 N–H and O–H groups in total. The second kappa shape index (κ2) is 15.2. The molecule has 0 radical (unpaired) electrons. The summed E-state index contributed by atoms with van der Waals surface area (Å²) in [5, 5.41) is 0. The predicted octanol–water partition coefficient (Wildman–Crippen LogP) is 15.7. The molecule has 0 saturated carbocycles. The van der Waals surface area contributed by atoms with Gasteiger partial charge in [-0.3, -0.25) is 0 Å². The van der Waals surface area contributed by atoms with E-state index in [0.29, 0.717) is 0 Å². The van der Waals surface area contributed by atoms with Crippen molar-refractivity contribution >= 4 is 27.9 Å². The molecule has 0 unspecified atom stereocenters. The molecule has 0 fully saturated rings. The fourth-order valence-electron chi connectivity index (χ4n) is 9.30. The highest BCUT2D eigenvalue weighted by atomic mass is 14.4. The molecule has 0 spiro atoms. The third-order valence-corrected chi connectivity index (χ3v) is 12.1. The summed E-state index contributed by atoms with van der Waals surface area (Å²) in [6.07, 6.45) is 0. The van der Waals surface area contributed by atoms with Crippen LogP contribution in [-0.4, -0.2) is 0 Å². The molecule has 9 aromatic rings. The number of rotatable bonds is 8. The fourth-order valence-corrected chi connectivity index (χ4v) is 9.30. The molecule has 2 aliphatic rings. The maximum atomic E-state index is 2.49. The van der Waals surface area contributed by atoms with Crippen LogP contribution in [0.5, 0.6) is 0 Å². The van der Waals surface area contributed by atoms with E-state index in [1.807, 2.05) is 0 Å². The largest absolute Gasteiger partial charge is 0.0622 e. The van der Waals surface area contributed by atoms with Gasteiger partial charge in [0.05, 0.1) is 0 Å². The first-order chi connectivity index (χ1) is 29.8. The van der Waals surface area contributed by atoms with E-state index in [2.05, 4.69) is 243 Å². The van der Waals surface area contributed by atoms with Crippen molar-refractivity contribution in [3.05, 3.63) is 282 Å². The third-order valence-electron chi connectivity index (χ3n) is 12.1. The molecule has 0 saturated heterocycles. The van der Waals surface area contributed by atoms with Gasteiger partial charge in [-0.1, -0.05) is 231 Å². The lowest BCUT2D eigenvalue weighted by Gasteiger charge is -2.19. The van der Waals surface area contributed by atoms with Gasteiger partial charge in [0.1, 0.15) is 0 Å². The molecule has 0 aromatic heterocycles. The van der Waals surface area contributed by atoms with Crippen LogP contribution in [0.25, 0.3) is 72.4 Å². The molecule has 60 heavy (non-hydrogen) atoms. The molecular formula is C60H40. The van der Waals surface area contributed by atoms with Crippen molar-refractivity contribution in [3.8, 4) is 44.5 Å². The van der Waals surface area contributed by atoms with Crippen LogP contribution >= 0.6 is 0 Å². The molecule has 280 valence electrons. The van der Waals surface area contributed by atoms with Crippen LogP contribution in [0.3, 0.4) is 0 Å². The molecule has 9 aromatic carbocycles. The zero-order chi connectivity index (χ0) is 39.8. The first-order valence-electron chi connectivity index (χ1n) is 20.8. The quantitative estimate of drug-likeness (QED) is 0.145. The van der Waals surface area contributed by atoms with Crippen LogP contribution in [0.1, 0.15) is 33.4 Å². The standard InChI is InChI=1S/C60H40/c1-7-19-41(20-8-1)43-31-35-49(36-32-43)55-53-39-51(45-23-11-3-12-24-45)52(46-25-13-4-14-26-46)40-54(53)59-57(50-37-33-44(34-38-50)42-21-9-2-10-22-42)56(47-27-15-5-16-28-47)58(60(55)59)48-29-17-6-18-30-48/h1-40H. The van der Waals surface area contributed by atoms with Crippen molar-refractivity contribution in [1.82, 2.24) is 0 Å². The van der Waals surface area contributed by atoms with Crippen LogP contribution < -0.4 is 0 Å². The van der Waals surface area contributed by atoms with Crippen LogP contribution in [0.2, 0.25) is 0 Å². The van der Waals surface area contributed by atoms with E-state index < -0.39 is 0 Å². The summed E-state index contributed by atoms with van der Waals surface area (Å²) in [6.45, 7) is 0. The smallest absolute Gasteiger partial charge is 0.000137 e. The molecule has 0 atom stereocenters. The topological polar surface area (TPSA) is 0 Å². The van der Waals surface area contributed by atoms with E-state index in [9.17, 15) is 0 Å². The maximum absolute atomic E-state index is 2.49. The molecule has 0 nitrogen and oxygen atoms in total. The van der Waals surface area contributed by atoms with Crippen molar-refractivity contribution in [2.24, 2.45) is 0 Å². The van der Waals surface area contributed by atoms with Crippen LogP contribution in [0.15, 0.2) is 248 Å². The van der Waals surface area contributed by atoms with Gasteiger partial charge in [0.2, 0.25) is 0 Å². The van der Waals surface area contributed by atoms with Gasteiger partial charge in [-0.25, -0.2) is 0 Å². The monoisotopic (exact) mass is 760 g/mol. The molecule has 0 aliphatic heterocycles. The zero-order valence-corrected chi connectivity index (χ0v) is 33.1. The Hall–Kier alpha value is -7.80. The summed E-state index contributed by atoms with van der Waals surface area (Å²) in [7, 11) is 0. The van der Waals surface area contributed by atoms with E-state index in [0.717, 1.165) is 0 Å². The normalized spacial score (nSPS) is 13.1. The first kappa shape index (κ1) is 35.4. The molecule has 0 bridgehead atoms. The van der Waals surface area contributed by atoms with Gasteiger partial charge in [-0.2, -0.15) is 0 Å².